The van der Waals surface area contributed by atoms with Crippen LogP contribution in [0.5, 0.6) is 0 Å². The summed E-state index contributed by atoms with van der Waals surface area (Å²) in [5, 5.41) is 19.5. The van der Waals surface area contributed by atoms with E-state index in [1.165, 1.54) is 52.0 Å². The number of nitrogens with two attached hydrogens (primary N) is 1. The number of carboxylic acids is 1. The van der Waals surface area contributed by atoms with E-state index in [1.54, 1.807) is 0 Å². The number of unbranched alkanes of at least 4 members (excludes halogenated alkanes) is 7. The highest BCUT2D eigenvalue weighted by Gasteiger charge is 2.14. The maximum atomic E-state index is 10.3. The zero-order valence-corrected chi connectivity index (χ0v) is 14.1. The number of aliphatic carboxylic acids is 1. The van der Waals surface area contributed by atoms with Gasteiger partial charge >= 0.3 is 5.97 Å². The van der Waals surface area contributed by atoms with Crippen LogP contribution in [0.15, 0.2) is 0 Å². The summed E-state index contributed by atoms with van der Waals surface area (Å²) in [4.78, 5) is 20.6. The van der Waals surface area contributed by atoms with Crippen molar-refractivity contribution < 1.29 is 19.8 Å². The van der Waals surface area contributed by atoms with Gasteiger partial charge in [0.15, 0.2) is 0 Å². The van der Waals surface area contributed by atoms with Gasteiger partial charge in [0.1, 0.15) is 6.04 Å². The molecule has 132 valence electrons. The topological polar surface area (TPSA) is 113 Å². The first kappa shape index (κ1) is 23.1. The van der Waals surface area contributed by atoms with Crippen molar-refractivity contribution in [2.75, 3.05) is 13.7 Å². The summed E-state index contributed by atoms with van der Waals surface area (Å²) in [5.41, 5.74) is 4.84. The zero-order valence-electron chi connectivity index (χ0n) is 14.1. The van der Waals surface area contributed by atoms with E-state index in [1.807, 2.05) is 0 Å². The summed E-state index contributed by atoms with van der Waals surface area (Å²) in [6.45, 7) is 2.61. The normalized spacial score (nSPS) is 11.4. The quantitative estimate of drug-likeness (QED) is 0.388. The predicted octanol–water partition coefficient (Wildman–Crippen LogP) is 2.04. The second-order valence-electron chi connectivity index (χ2n) is 5.38. The third-order valence-corrected chi connectivity index (χ3v) is 3.34. The first-order chi connectivity index (χ1) is 10.5. The number of amides is 1. The van der Waals surface area contributed by atoms with Crippen molar-refractivity contribution in [1.82, 2.24) is 5.32 Å². The van der Waals surface area contributed by atoms with Gasteiger partial charge in [-0.2, -0.15) is 0 Å². The minimum absolute atomic E-state index is 0.0950. The summed E-state index contributed by atoms with van der Waals surface area (Å²) < 4.78 is 0. The average molecular weight is 318 g/mol. The third kappa shape index (κ3) is 18.9. The van der Waals surface area contributed by atoms with E-state index >= 15 is 0 Å². The lowest BCUT2D eigenvalue weighted by Crippen LogP contribution is -2.34. The van der Waals surface area contributed by atoms with Crippen LogP contribution in [0.4, 0.5) is 0 Å². The molecule has 0 aliphatic heterocycles. The van der Waals surface area contributed by atoms with Crippen LogP contribution < -0.4 is 11.1 Å². The molecular weight excluding hydrogens is 284 g/mol. The lowest BCUT2D eigenvalue weighted by atomic mass is 10.1. The second kappa shape index (κ2) is 17.9. The van der Waals surface area contributed by atoms with Gasteiger partial charge in [0.05, 0.1) is 0 Å². The average Bonchev–Trinajstić information content (AvgIpc) is 2.47. The molecule has 1 amide bonds. The van der Waals surface area contributed by atoms with Crippen molar-refractivity contribution in [1.29, 1.82) is 0 Å². The molecule has 0 aliphatic carbocycles. The summed E-state index contributed by atoms with van der Waals surface area (Å²) in [6.07, 6.45) is 10.7. The summed E-state index contributed by atoms with van der Waals surface area (Å²) in [7, 11) is 1.53. The fourth-order valence-corrected chi connectivity index (χ4v) is 1.92. The molecule has 0 aromatic carbocycles. The highest BCUT2D eigenvalue weighted by Crippen LogP contribution is 2.07. The molecule has 0 fully saturated rings. The standard InChI is InChI=1S/C10H22O.C6H12N2O3/c1-2-3-4-5-6-7-8-9-10-11;1-8-4(6(10)11)2-3-5(7)9/h11H,2-10H2,1H3;4,8H,2-3H2,1H3,(H2,7,9)(H,10,11)/t;4-/m.1/s1. The van der Waals surface area contributed by atoms with E-state index in [2.05, 4.69) is 12.2 Å². The fourth-order valence-electron chi connectivity index (χ4n) is 1.92. The van der Waals surface area contributed by atoms with Crippen LogP contribution in [-0.2, 0) is 9.59 Å². The van der Waals surface area contributed by atoms with E-state index in [0.29, 0.717) is 6.61 Å². The number of aliphatic hydroxyl groups excluding tert-OH is 1. The van der Waals surface area contributed by atoms with Crippen molar-refractivity contribution in [3.8, 4) is 0 Å². The monoisotopic (exact) mass is 318 g/mol. The number of primary amides is 1. The molecule has 22 heavy (non-hydrogen) atoms. The molecule has 0 aromatic rings. The Kier molecular flexibility index (Phi) is 18.8. The van der Waals surface area contributed by atoms with Crippen molar-refractivity contribution in [2.45, 2.75) is 77.2 Å². The van der Waals surface area contributed by atoms with Crippen LogP contribution >= 0.6 is 0 Å². The Morgan fingerprint density at radius 2 is 1.55 bits per heavy atom. The third-order valence-electron chi connectivity index (χ3n) is 3.34. The minimum Gasteiger partial charge on any atom is -0.480 e. The largest absolute Gasteiger partial charge is 0.480 e. The van der Waals surface area contributed by atoms with Crippen LogP contribution in [0, 0.1) is 0 Å². The van der Waals surface area contributed by atoms with E-state index in [9.17, 15) is 9.59 Å². The molecule has 5 N–H and O–H groups in total. The van der Waals surface area contributed by atoms with Gasteiger partial charge in [-0.15, -0.1) is 0 Å². The summed E-state index contributed by atoms with van der Waals surface area (Å²) >= 11 is 0. The number of carbonyl (C=O) groups excluding carboxylic acids is 1. The van der Waals surface area contributed by atoms with E-state index in [4.69, 9.17) is 15.9 Å². The maximum absolute atomic E-state index is 10.3. The lowest BCUT2D eigenvalue weighted by molar-refractivity contribution is -0.139. The summed E-state index contributed by atoms with van der Waals surface area (Å²) in [5.74, 6) is -1.44. The zero-order chi connectivity index (χ0) is 17.2. The van der Waals surface area contributed by atoms with E-state index in [-0.39, 0.29) is 12.8 Å². The highest BCUT2D eigenvalue weighted by atomic mass is 16.4. The molecule has 0 spiro atoms. The molecule has 0 heterocycles. The van der Waals surface area contributed by atoms with E-state index < -0.39 is 17.9 Å². The second-order valence-corrected chi connectivity index (χ2v) is 5.38. The number of hydrogen-bond donors (Lipinski definition) is 4. The van der Waals surface area contributed by atoms with Gasteiger partial charge in [-0.05, 0) is 19.9 Å². The minimum atomic E-state index is -0.964. The molecule has 6 heteroatoms. The number of carbonyl (C=O) groups is 2. The maximum Gasteiger partial charge on any atom is 0.320 e. The molecular formula is C16H34N2O4. The predicted molar refractivity (Wildman–Crippen MR) is 88.6 cm³/mol. The smallest absolute Gasteiger partial charge is 0.320 e. The van der Waals surface area contributed by atoms with Gasteiger partial charge in [0, 0.05) is 13.0 Å². The number of nitrogens with one attached hydrogen (secondary N) is 1. The molecule has 0 unspecified atom stereocenters. The molecule has 0 bridgehead atoms. The first-order valence-corrected chi connectivity index (χ1v) is 8.28. The van der Waals surface area contributed by atoms with Crippen LogP contribution in [0.2, 0.25) is 0 Å². The number of likely N-dealkylation sites (N-methyl/N-ethyl adjacent to an activating group) is 1. The Morgan fingerprint density at radius 1 is 1.05 bits per heavy atom. The SMILES string of the molecule is CCCCCCCCCCO.CN[C@H](CCC(N)=O)C(=O)O. The molecule has 0 saturated carbocycles. The first-order valence-electron chi connectivity index (χ1n) is 8.28. The fraction of sp³-hybridized carbons (Fsp3) is 0.875. The number of aliphatic hydroxyl groups is 1. The van der Waals surface area contributed by atoms with Crippen LogP contribution in [0.1, 0.15) is 71.1 Å². The Bertz CT molecular complexity index is 265. The molecule has 0 aromatic heterocycles. The molecule has 0 saturated heterocycles. The van der Waals surface area contributed by atoms with Gasteiger partial charge in [-0.3, -0.25) is 9.59 Å². The molecule has 6 nitrogen and oxygen atoms in total. The number of rotatable bonds is 13. The van der Waals surface area contributed by atoms with E-state index in [0.717, 1.165) is 6.42 Å². The molecule has 0 rings (SSSR count). The number of carboxylic acid groups (broad SMARTS) is 1. The van der Waals surface area contributed by atoms with Crippen molar-refractivity contribution in [3.63, 3.8) is 0 Å². The Morgan fingerprint density at radius 3 is 1.91 bits per heavy atom. The Labute approximate surface area is 134 Å². The molecule has 0 radical (unpaired) electrons. The van der Waals surface area contributed by atoms with Crippen molar-refractivity contribution in [3.05, 3.63) is 0 Å². The Hall–Kier alpha value is -1.14. The van der Waals surface area contributed by atoms with Crippen LogP contribution in [0.3, 0.4) is 0 Å². The van der Waals surface area contributed by atoms with Gasteiger partial charge in [-0.1, -0.05) is 51.9 Å². The van der Waals surface area contributed by atoms with Crippen LogP contribution in [0.25, 0.3) is 0 Å². The Balaban J connectivity index is 0. The lowest BCUT2D eigenvalue weighted by Gasteiger charge is -2.08. The van der Waals surface area contributed by atoms with Gasteiger partial charge in [0.25, 0.3) is 0 Å². The number of hydrogen-bond acceptors (Lipinski definition) is 4. The van der Waals surface area contributed by atoms with Crippen molar-refractivity contribution in [2.24, 2.45) is 5.73 Å². The van der Waals surface area contributed by atoms with Crippen LogP contribution in [-0.4, -0.2) is 41.8 Å². The molecule has 1 atom stereocenters. The highest BCUT2D eigenvalue weighted by molar-refractivity contribution is 5.77. The van der Waals surface area contributed by atoms with Gasteiger partial charge in [-0.25, -0.2) is 0 Å². The summed E-state index contributed by atoms with van der Waals surface area (Å²) in [6, 6.07) is -0.678. The van der Waals surface area contributed by atoms with Crippen molar-refractivity contribution >= 4 is 11.9 Å². The van der Waals surface area contributed by atoms with Gasteiger partial charge in [0.2, 0.25) is 5.91 Å². The van der Waals surface area contributed by atoms with Gasteiger partial charge < -0.3 is 21.3 Å². The molecule has 0 aliphatic rings.